The Balaban J connectivity index is 1.79. The predicted molar refractivity (Wildman–Crippen MR) is 80.6 cm³/mol. The van der Waals surface area contributed by atoms with Crippen LogP contribution in [0.3, 0.4) is 0 Å². The summed E-state index contributed by atoms with van der Waals surface area (Å²) in [6, 6.07) is 7.48. The van der Waals surface area contributed by atoms with Crippen LogP contribution in [0.5, 0.6) is 0 Å². The Morgan fingerprint density at radius 3 is 2.81 bits per heavy atom. The average Bonchev–Trinajstić information content (AvgIpc) is 3.09. The van der Waals surface area contributed by atoms with Crippen molar-refractivity contribution in [2.24, 2.45) is 5.73 Å². The second-order valence-electron chi connectivity index (χ2n) is 5.64. The number of amides is 1. The fourth-order valence-electron chi connectivity index (χ4n) is 2.70. The number of nitrogens with two attached hydrogens (primary N) is 1. The topological polar surface area (TPSA) is 96.7 Å². The maximum Gasteiger partial charge on any atom is 0.244 e. The number of carbonyl (C=O) groups is 1. The molecular formula is C15H19N5O. The lowest BCUT2D eigenvalue weighted by Crippen LogP contribution is -2.48. The van der Waals surface area contributed by atoms with E-state index in [1.54, 1.807) is 0 Å². The van der Waals surface area contributed by atoms with Gasteiger partial charge in [-0.15, -0.1) is 0 Å². The highest BCUT2D eigenvalue weighted by Gasteiger charge is 2.36. The Hall–Kier alpha value is -2.21. The van der Waals surface area contributed by atoms with Crippen molar-refractivity contribution in [2.75, 3.05) is 5.32 Å². The molecule has 0 atom stereocenters. The smallest absolute Gasteiger partial charge is 0.244 e. The van der Waals surface area contributed by atoms with Crippen LogP contribution < -0.4 is 11.1 Å². The molecule has 3 rings (SSSR count). The van der Waals surface area contributed by atoms with Gasteiger partial charge in [0.25, 0.3) is 0 Å². The zero-order chi connectivity index (χ0) is 14.9. The first-order valence-corrected chi connectivity index (χ1v) is 7.17. The minimum atomic E-state index is -0.725. The number of nitrogens with one attached hydrogen (secondary N) is 2. The van der Waals surface area contributed by atoms with Crippen LogP contribution in [0.25, 0.3) is 11.4 Å². The number of nitrogens with zero attached hydrogens (tertiary/aromatic N) is 2. The van der Waals surface area contributed by atoms with Crippen LogP contribution in [0, 0.1) is 6.92 Å². The first-order valence-electron chi connectivity index (χ1n) is 7.17. The van der Waals surface area contributed by atoms with Crippen molar-refractivity contribution in [1.29, 1.82) is 0 Å². The van der Waals surface area contributed by atoms with Crippen molar-refractivity contribution < 1.29 is 4.79 Å². The molecule has 1 aromatic heterocycles. The van der Waals surface area contributed by atoms with Crippen molar-refractivity contribution >= 4 is 11.6 Å². The van der Waals surface area contributed by atoms with Gasteiger partial charge >= 0.3 is 0 Å². The quantitative estimate of drug-likeness (QED) is 0.803. The van der Waals surface area contributed by atoms with Gasteiger partial charge in [0.15, 0.2) is 5.82 Å². The van der Waals surface area contributed by atoms with Gasteiger partial charge in [-0.1, -0.05) is 25.0 Å². The average molecular weight is 285 g/mol. The molecule has 21 heavy (non-hydrogen) atoms. The summed E-state index contributed by atoms with van der Waals surface area (Å²) in [5.41, 5.74) is 7.01. The molecule has 0 radical (unpaired) electrons. The van der Waals surface area contributed by atoms with E-state index in [9.17, 15) is 4.79 Å². The zero-order valence-electron chi connectivity index (χ0n) is 12.0. The molecule has 0 unspecified atom stereocenters. The number of benzene rings is 1. The minimum absolute atomic E-state index is 0.108. The molecule has 6 nitrogen and oxygen atoms in total. The van der Waals surface area contributed by atoms with Gasteiger partial charge in [-0.3, -0.25) is 9.89 Å². The van der Waals surface area contributed by atoms with Gasteiger partial charge in [-0.25, -0.2) is 4.98 Å². The van der Waals surface area contributed by atoms with Gasteiger partial charge in [-0.2, -0.15) is 5.10 Å². The summed E-state index contributed by atoms with van der Waals surface area (Å²) in [6.07, 6.45) is 3.53. The predicted octanol–water partition coefficient (Wildman–Crippen LogP) is 1.99. The molecule has 1 amide bonds. The van der Waals surface area contributed by atoms with E-state index in [1.165, 1.54) is 0 Å². The van der Waals surface area contributed by atoms with Crippen LogP contribution in [0.4, 0.5) is 5.69 Å². The van der Waals surface area contributed by atoms with E-state index in [0.717, 1.165) is 42.8 Å². The van der Waals surface area contributed by atoms with Gasteiger partial charge in [0, 0.05) is 11.3 Å². The summed E-state index contributed by atoms with van der Waals surface area (Å²) in [6.45, 7) is 1.85. The van der Waals surface area contributed by atoms with E-state index < -0.39 is 5.54 Å². The Kier molecular flexibility index (Phi) is 3.47. The number of H-pyrrole nitrogens is 1. The lowest BCUT2D eigenvalue weighted by molar-refractivity contribution is -0.121. The Bertz CT molecular complexity index is 658. The monoisotopic (exact) mass is 285 g/mol. The lowest BCUT2D eigenvalue weighted by atomic mass is 9.98. The Morgan fingerprint density at radius 2 is 2.14 bits per heavy atom. The molecule has 0 spiro atoms. The third-order valence-corrected chi connectivity index (χ3v) is 3.92. The number of anilines is 1. The Labute approximate surface area is 123 Å². The van der Waals surface area contributed by atoms with Crippen molar-refractivity contribution in [3.8, 4) is 11.4 Å². The first-order chi connectivity index (χ1) is 10.1. The SMILES string of the molecule is Cc1nc(-c2cccc(NC(=O)C3(N)CCCC3)c2)n[nH]1. The number of aryl methyl sites for hydroxylation is 1. The van der Waals surface area contributed by atoms with Crippen LogP contribution in [0.2, 0.25) is 0 Å². The van der Waals surface area contributed by atoms with Crippen molar-refractivity contribution in [1.82, 2.24) is 15.2 Å². The second-order valence-corrected chi connectivity index (χ2v) is 5.64. The van der Waals surface area contributed by atoms with Crippen LogP contribution in [-0.2, 0) is 4.79 Å². The van der Waals surface area contributed by atoms with E-state index in [0.29, 0.717) is 5.82 Å². The molecule has 1 saturated carbocycles. The summed E-state index contributed by atoms with van der Waals surface area (Å²) in [5.74, 6) is 1.27. The molecule has 1 aliphatic rings. The molecule has 1 aliphatic carbocycles. The molecule has 6 heteroatoms. The van der Waals surface area contributed by atoms with Gasteiger partial charge in [-0.05, 0) is 31.9 Å². The summed E-state index contributed by atoms with van der Waals surface area (Å²) >= 11 is 0. The number of hydrogen-bond acceptors (Lipinski definition) is 4. The number of aromatic nitrogens is 3. The number of carbonyl (C=O) groups excluding carboxylic acids is 1. The fraction of sp³-hybridized carbons (Fsp3) is 0.400. The van der Waals surface area contributed by atoms with Crippen LogP contribution >= 0.6 is 0 Å². The van der Waals surface area contributed by atoms with Crippen molar-refractivity contribution in [3.05, 3.63) is 30.1 Å². The van der Waals surface area contributed by atoms with Crippen LogP contribution in [-0.4, -0.2) is 26.6 Å². The molecular weight excluding hydrogens is 266 g/mol. The third kappa shape index (κ3) is 2.80. The van der Waals surface area contributed by atoms with Gasteiger partial charge < -0.3 is 11.1 Å². The summed E-state index contributed by atoms with van der Waals surface area (Å²) in [7, 11) is 0. The molecule has 0 aliphatic heterocycles. The van der Waals surface area contributed by atoms with Gasteiger partial charge in [0.1, 0.15) is 5.82 Å². The molecule has 110 valence electrons. The maximum absolute atomic E-state index is 12.3. The van der Waals surface area contributed by atoms with E-state index in [1.807, 2.05) is 31.2 Å². The molecule has 1 aromatic carbocycles. The fourth-order valence-corrected chi connectivity index (χ4v) is 2.70. The van der Waals surface area contributed by atoms with Crippen LogP contribution in [0.1, 0.15) is 31.5 Å². The molecule has 0 bridgehead atoms. The number of rotatable bonds is 3. The molecule has 2 aromatic rings. The van der Waals surface area contributed by atoms with E-state index in [2.05, 4.69) is 20.5 Å². The first kappa shape index (κ1) is 13.8. The summed E-state index contributed by atoms with van der Waals surface area (Å²) in [4.78, 5) is 16.6. The molecule has 4 N–H and O–H groups in total. The molecule has 0 saturated heterocycles. The molecule has 1 heterocycles. The van der Waals surface area contributed by atoms with E-state index in [-0.39, 0.29) is 5.91 Å². The number of aromatic amines is 1. The summed E-state index contributed by atoms with van der Waals surface area (Å²) < 4.78 is 0. The highest BCUT2D eigenvalue weighted by molar-refractivity contribution is 5.98. The Morgan fingerprint density at radius 1 is 1.38 bits per heavy atom. The zero-order valence-corrected chi connectivity index (χ0v) is 12.0. The van der Waals surface area contributed by atoms with Gasteiger partial charge in [0.05, 0.1) is 5.54 Å². The molecule has 1 fully saturated rings. The van der Waals surface area contributed by atoms with Crippen molar-refractivity contribution in [2.45, 2.75) is 38.1 Å². The standard InChI is InChI=1S/C15H19N5O/c1-10-17-13(20-19-10)11-5-4-6-12(9-11)18-14(21)15(16)7-2-3-8-15/h4-6,9H,2-3,7-8,16H2,1H3,(H,18,21)(H,17,19,20). The summed E-state index contributed by atoms with van der Waals surface area (Å²) in [5, 5.41) is 9.85. The van der Waals surface area contributed by atoms with E-state index in [4.69, 9.17) is 5.73 Å². The number of hydrogen-bond donors (Lipinski definition) is 3. The highest BCUT2D eigenvalue weighted by Crippen LogP contribution is 2.29. The van der Waals surface area contributed by atoms with Crippen molar-refractivity contribution in [3.63, 3.8) is 0 Å². The van der Waals surface area contributed by atoms with E-state index >= 15 is 0 Å². The highest BCUT2D eigenvalue weighted by atomic mass is 16.2. The lowest BCUT2D eigenvalue weighted by Gasteiger charge is -2.22. The normalized spacial score (nSPS) is 16.9. The largest absolute Gasteiger partial charge is 0.324 e. The minimum Gasteiger partial charge on any atom is -0.324 e. The van der Waals surface area contributed by atoms with Crippen LogP contribution in [0.15, 0.2) is 24.3 Å². The maximum atomic E-state index is 12.3. The third-order valence-electron chi connectivity index (χ3n) is 3.92. The second kappa shape index (κ2) is 5.29. The van der Waals surface area contributed by atoms with Gasteiger partial charge in [0.2, 0.25) is 5.91 Å².